The van der Waals surface area contributed by atoms with Gasteiger partial charge in [0.25, 0.3) is 0 Å². The van der Waals surface area contributed by atoms with Crippen LogP contribution in [0.4, 0.5) is 0 Å². The summed E-state index contributed by atoms with van der Waals surface area (Å²) in [5, 5.41) is 0. The molecule has 108 valence electrons. The Hall–Kier alpha value is -0.910. The van der Waals surface area contributed by atoms with Crippen LogP contribution in [-0.4, -0.2) is 32.4 Å². The van der Waals surface area contributed by atoms with Crippen molar-refractivity contribution < 1.29 is 8.42 Å². The molecule has 1 aromatic carbocycles. The van der Waals surface area contributed by atoms with Crippen LogP contribution in [0, 0.1) is 0 Å². The van der Waals surface area contributed by atoms with Crippen LogP contribution in [0.2, 0.25) is 0 Å². The molecule has 0 saturated heterocycles. The molecule has 4 nitrogen and oxygen atoms in total. The monoisotopic (exact) mass is 284 g/mol. The van der Waals surface area contributed by atoms with Crippen LogP contribution >= 0.6 is 0 Å². The number of benzene rings is 1. The third kappa shape index (κ3) is 3.78. The van der Waals surface area contributed by atoms with E-state index in [2.05, 4.69) is 0 Å². The van der Waals surface area contributed by atoms with Gasteiger partial charge in [0.1, 0.15) is 0 Å². The maximum atomic E-state index is 12.5. The molecule has 19 heavy (non-hydrogen) atoms. The lowest BCUT2D eigenvalue weighted by molar-refractivity contribution is 0.349. The number of hydrogen-bond donors (Lipinski definition) is 1. The fourth-order valence-corrected chi connectivity index (χ4v) is 3.66. The molecule has 5 heteroatoms. The Morgan fingerprint density at radius 3 is 2.11 bits per heavy atom. The maximum absolute atomic E-state index is 12.5. The Labute approximate surface area is 116 Å². The molecule has 0 aliphatic heterocycles. The van der Waals surface area contributed by atoms with Crippen molar-refractivity contribution in [3.8, 4) is 0 Å². The smallest absolute Gasteiger partial charge is 0.243 e. The fourth-order valence-electron chi connectivity index (χ4n) is 2.16. The Balaban J connectivity index is 2.99. The Kier molecular flexibility index (Phi) is 5.97. The summed E-state index contributed by atoms with van der Waals surface area (Å²) in [6, 6.07) is 7.05. The second kappa shape index (κ2) is 7.03. The van der Waals surface area contributed by atoms with Gasteiger partial charge in [0.15, 0.2) is 0 Å². The highest BCUT2D eigenvalue weighted by Gasteiger charge is 2.25. The van der Waals surface area contributed by atoms with Crippen molar-refractivity contribution >= 4 is 10.0 Å². The number of sulfonamides is 1. The first kappa shape index (κ1) is 16.1. The normalized spacial score (nSPS) is 12.3. The topological polar surface area (TPSA) is 63.4 Å². The third-order valence-corrected chi connectivity index (χ3v) is 5.41. The van der Waals surface area contributed by atoms with Crippen LogP contribution in [0.15, 0.2) is 29.2 Å². The van der Waals surface area contributed by atoms with Crippen LogP contribution in [0.25, 0.3) is 0 Å². The minimum Gasteiger partial charge on any atom is -0.330 e. The molecule has 0 amide bonds. The summed E-state index contributed by atoms with van der Waals surface area (Å²) < 4.78 is 26.4. The highest BCUT2D eigenvalue weighted by molar-refractivity contribution is 7.89. The molecule has 2 N–H and O–H groups in total. The van der Waals surface area contributed by atoms with Crippen LogP contribution in [0.1, 0.15) is 32.3 Å². The molecule has 0 unspecified atom stereocenters. The molecule has 0 radical (unpaired) electrons. The molecule has 0 fully saturated rings. The predicted octanol–water partition coefficient (Wildman–Crippen LogP) is 2.00. The number of rotatable bonds is 7. The summed E-state index contributed by atoms with van der Waals surface area (Å²) in [5.41, 5.74) is 6.54. The lowest BCUT2D eigenvalue weighted by Gasteiger charge is -2.25. The van der Waals surface area contributed by atoms with Crippen molar-refractivity contribution in [3.63, 3.8) is 0 Å². The van der Waals surface area contributed by atoms with Crippen molar-refractivity contribution in [3.05, 3.63) is 29.8 Å². The maximum Gasteiger partial charge on any atom is 0.243 e. The van der Waals surface area contributed by atoms with E-state index in [-0.39, 0.29) is 6.04 Å². The minimum absolute atomic E-state index is 0.0497. The molecular formula is C14H24N2O2S. The largest absolute Gasteiger partial charge is 0.330 e. The average molecular weight is 284 g/mol. The molecule has 0 atom stereocenters. The number of nitrogens with two attached hydrogens (primary N) is 1. The third-order valence-electron chi connectivity index (χ3n) is 3.49. The van der Waals surface area contributed by atoms with E-state index in [0.29, 0.717) is 11.4 Å². The van der Waals surface area contributed by atoms with Crippen molar-refractivity contribution in [1.29, 1.82) is 0 Å². The standard InChI is InChI=1S/C14H24N2O2S/c1-4-13(5-2)16(3)19(17,18)14-8-6-12(7-9-14)10-11-15/h6-9,13H,4-5,10-11,15H2,1-3H3. The van der Waals surface area contributed by atoms with Crippen molar-refractivity contribution in [1.82, 2.24) is 4.31 Å². The molecule has 0 aromatic heterocycles. The van der Waals surface area contributed by atoms with Crippen molar-refractivity contribution in [2.24, 2.45) is 5.73 Å². The molecule has 0 bridgehead atoms. The zero-order valence-electron chi connectivity index (χ0n) is 12.0. The summed E-state index contributed by atoms with van der Waals surface area (Å²) in [5.74, 6) is 0. The van der Waals surface area contributed by atoms with Gasteiger partial charge in [0.2, 0.25) is 10.0 Å². The predicted molar refractivity (Wildman–Crippen MR) is 78.5 cm³/mol. The van der Waals surface area contributed by atoms with Gasteiger partial charge >= 0.3 is 0 Å². The summed E-state index contributed by atoms with van der Waals surface area (Å²) in [6.45, 7) is 4.58. The summed E-state index contributed by atoms with van der Waals surface area (Å²) in [6.07, 6.45) is 2.40. The van der Waals surface area contributed by atoms with Gasteiger partial charge in [-0.1, -0.05) is 26.0 Å². The second-order valence-corrected chi connectivity index (χ2v) is 6.67. The molecule has 0 spiro atoms. The first-order chi connectivity index (χ1) is 8.97. The van der Waals surface area contributed by atoms with Gasteiger partial charge in [-0.15, -0.1) is 0 Å². The van der Waals surface area contributed by atoms with E-state index >= 15 is 0 Å². The zero-order chi connectivity index (χ0) is 14.5. The van der Waals surface area contributed by atoms with E-state index in [4.69, 9.17) is 5.73 Å². The fraction of sp³-hybridized carbons (Fsp3) is 0.571. The molecule has 1 aromatic rings. The Morgan fingerprint density at radius 1 is 1.16 bits per heavy atom. The molecule has 0 aliphatic carbocycles. The highest BCUT2D eigenvalue weighted by Crippen LogP contribution is 2.20. The van der Waals surface area contributed by atoms with E-state index in [1.807, 2.05) is 26.0 Å². The quantitative estimate of drug-likeness (QED) is 0.833. The van der Waals surface area contributed by atoms with E-state index in [1.165, 1.54) is 4.31 Å². The molecular weight excluding hydrogens is 260 g/mol. The van der Waals surface area contributed by atoms with Gasteiger partial charge in [-0.25, -0.2) is 8.42 Å². The van der Waals surface area contributed by atoms with Gasteiger partial charge in [-0.2, -0.15) is 4.31 Å². The van der Waals surface area contributed by atoms with Crippen LogP contribution in [-0.2, 0) is 16.4 Å². The van der Waals surface area contributed by atoms with Gasteiger partial charge in [0.05, 0.1) is 4.90 Å². The summed E-state index contributed by atoms with van der Waals surface area (Å²) in [7, 11) is -1.74. The van der Waals surface area contributed by atoms with E-state index in [9.17, 15) is 8.42 Å². The van der Waals surface area contributed by atoms with Crippen LogP contribution < -0.4 is 5.73 Å². The highest BCUT2D eigenvalue weighted by atomic mass is 32.2. The molecule has 0 saturated carbocycles. The van der Waals surface area contributed by atoms with Crippen LogP contribution in [0.5, 0.6) is 0 Å². The lowest BCUT2D eigenvalue weighted by atomic mass is 10.2. The Morgan fingerprint density at radius 2 is 1.68 bits per heavy atom. The van der Waals surface area contributed by atoms with Gasteiger partial charge in [0, 0.05) is 13.1 Å². The minimum atomic E-state index is -3.39. The summed E-state index contributed by atoms with van der Waals surface area (Å²) >= 11 is 0. The van der Waals surface area contributed by atoms with E-state index < -0.39 is 10.0 Å². The van der Waals surface area contributed by atoms with Gasteiger partial charge in [-0.3, -0.25) is 0 Å². The number of hydrogen-bond acceptors (Lipinski definition) is 3. The van der Waals surface area contributed by atoms with Crippen molar-refractivity contribution in [2.45, 2.75) is 44.0 Å². The first-order valence-electron chi connectivity index (χ1n) is 6.74. The van der Waals surface area contributed by atoms with Gasteiger partial charge in [-0.05, 0) is 43.5 Å². The lowest BCUT2D eigenvalue weighted by Crippen LogP contribution is -2.36. The van der Waals surface area contributed by atoms with Gasteiger partial charge < -0.3 is 5.73 Å². The molecule has 1 rings (SSSR count). The van der Waals surface area contributed by atoms with Crippen molar-refractivity contribution in [2.75, 3.05) is 13.6 Å². The first-order valence-corrected chi connectivity index (χ1v) is 8.18. The van der Waals surface area contributed by atoms with Crippen LogP contribution in [0.3, 0.4) is 0 Å². The van der Waals surface area contributed by atoms with E-state index in [0.717, 1.165) is 24.8 Å². The molecule has 0 aliphatic rings. The Bertz CT molecular complexity index is 479. The average Bonchev–Trinajstić information content (AvgIpc) is 2.41. The number of nitrogens with zero attached hydrogens (tertiary/aromatic N) is 1. The van der Waals surface area contributed by atoms with E-state index in [1.54, 1.807) is 19.2 Å². The second-order valence-electron chi connectivity index (χ2n) is 4.67. The summed E-state index contributed by atoms with van der Waals surface area (Å²) in [4.78, 5) is 0.350. The zero-order valence-corrected chi connectivity index (χ0v) is 12.8. The SMILES string of the molecule is CCC(CC)N(C)S(=O)(=O)c1ccc(CCN)cc1. The molecule has 0 heterocycles.